The highest BCUT2D eigenvalue weighted by Gasteiger charge is 2.40. The number of amides is 2. The Labute approximate surface area is 125 Å². The van der Waals surface area contributed by atoms with Crippen LogP contribution in [0.1, 0.15) is 12.0 Å². The van der Waals surface area contributed by atoms with Crippen LogP contribution in [-0.2, 0) is 16.0 Å². The first kappa shape index (κ1) is 13.3. The first-order valence-corrected chi connectivity index (χ1v) is 7.41. The maximum absolute atomic E-state index is 12.3. The molecule has 3 rings (SSSR count). The molecule has 1 aromatic carbocycles. The fourth-order valence-electron chi connectivity index (χ4n) is 2.29. The molecule has 20 heavy (non-hydrogen) atoms. The molecular formula is C14H11ClN2O2S. The van der Waals surface area contributed by atoms with Gasteiger partial charge in [0, 0.05) is 23.0 Å². The van der Waals surface area contributed by atoms with Crippen LogP contribution in [0.4, 0.5) is 5.13 Å². The van der Waals surface area contributed by atoms with Gasteiger partial charge in [-0.1, -0.05) is 23.7 Å². The molecule has 1 aliphatic heterocycles. The number of halogens is 1. The maximum Gasteiger partial charge on any atom is 0.239 e. The minimum atomic E-state index is -0.312. The molecule has 4 nitrogen and oxygen atoms in total. The number of hydrogen-bond donors (Lipinski definition) is 0. The lowest BCUT2D eigenvalue weighted by atomic mass is 9.98. The van der Waals surface area contributed by atoms with Gasteiger partial charge in [-0.15, -0.1) is 11.3 Å². The second-order valence-electron chi connectivity index (χ2n) is 4.61. The fraction of sp³-hybridized carbons (Fsp3) is 0.214. The summed E-state index contributed by atoms with van der Waals surface area (Å²) >= 11 is 7.13. The highest BCUT2D eigenvalue weighted by atomic mass is 35.5. The van der Waals surface area contributed by atoms with Crippen molar-refractivity contribution < 1.29 is 9.59 Å². The monoisotopic (exact) mass is 306 g/mol. The van der Waals surface area contributed by atoms with Crippen LogP contribution in [0.3, 0.4) is 0 Å². The van der Waals surface area contributed by atoms with Gasteiger partial charge in [0.25, 0.3) is 0 Å². The minimum absolute atomic E-state index is 0.167. The summed E-state index contributed by atoms with van der Waals surface area (Å²) in [5.74, 6) is -0.656. The zero-order valence-corrected chi connectivity index (χ0v) is 12.0. The Balaban J connectivity index is 1.78. The smallest absolute Gasteiger partial charge is 0.239 e. The van der Waals surface area contributed by atoms with Gasteiger partial charge in [0.1, 0.15) is 0 Å². The zero-order chi connectivity index (χ0) is 14.1. The van der Waals surface area contributed by atoms with E-state index in [0.29, 0.717) is 16.6 Å². The lowest BCUT2D eigenvalue weighted by Gasteiger charge is -2.11. The van der Waals surface area contributed by atoms with E-state index >= 15 is 0 Å². The van der Waals surface area contributed by atoms with Crippen molar-refractivity contribution in [3.05, 3.63) is 46.4 Å². The Bertz CT molecular complexity index is 640. The second-order valence-corrected chi connectivity index (χ2v) is 5.92. The van der Waals surface area contributed by atoms with Crippen molar-refractivity contribution in [2.45, 2.75) is 12.8 Å². The van der Waals surface area contributed by atoms with Crippen molar-refractivity contribution in [2.75, 3.05) is 4.90 Å². The summed E-state index contributed by atoms with van der Waals surface area (Å²) in [6.45, 7) is 0. The number of carbonyl (C=O) groups is 2. The number of benzene rings is 1. The third kappa shape index (κ3) is 2.46. The second kappa shape index (κ2) is 5.34. The summed E-state index contributed by atoms with van der Waals surface area (Å²) in [6.07, 6.45) is 2.37. The SMILES string of the molecule is O=C1C[C@H](Cc2ccc(Cl)cc2)C(=O)N1c1nccs1. The number of aromatic nitrogens is 1. The zero-order valence-electron chi connectivity index (χ0n) is 10.5. The molecule has 0 spiro atoms. The number of rotatable bonds is 3. The molecule has 2 heterocycles. The van der Waals surface area contributed by atoms with E-state index in [-0.39, 0.29) is 24.2 Å². The number of thiazole rings is 1. The Hall–Kier alpha value is -1.72. The van der Waals surface area contributed by atoms with Crippen molar-refractivity contribution in [3.63, 3.8) is 0 Å². The molecule has 0 saturated carbocycles. The summed E-state index contributed by atoms with van der Waals surface area (Å²) in [4.78, 5) is 29.6. The normalized spacial score (nSPS) is 18.9. The Kier molecular flexibility index (Phi) is 3.54. The Morgan fingerprint density at radius 1 is 1.30 bits per heavy atom. The number of hydrogen-bond acceptors (Lipinski definition) is 4. The molecule has 0 aliphatic carbocycles. The highest BCUT2D eigenvalue weighted by Crippen LogP contribution is 2.30. The lowest BCUT2D eigenvalue weighted by molar-refractivity contribution is -0.122. The molecule has 6 heteroatoms. The maximum atomic E-state index is 12.3. The van der Waals surface area contributed by atoms with Crippen LogP contribution in [-0.4, -0.2) is 16.8 Å². The summed E-state index contributed by atoms with van der Waals surface area (Å²) in [5, 5.41) is 2.87. The van der Waals surface area contributed by atoms with E-state index < -0.39 is 0 Å². The molecule has 102 valence electrons. The van der Waals surface area contributed by atoms with Gasteiger partial charge in [-0.25, -0.2) is 9.88 Å². The van der Waals surface area contributed by atoms with Gasteiger partial charge < -0.3 is 0 Å². The molecule has 0 unspecified atom stereocenters. The van der Waals surface area contributed by atoms with E-state index in [1.807, 2.05) is 12.1 Å². The van der Waals surface area contributed by atoms with Gasteiger partial charge >= 0.3 is 0 Å². The predicted octanol–water partition coefficient (Wildman–Crippen LogP) is 2.92. The van der Waals surface area contributed by atoms with E-state index in [9.17, 15) is 9.59 Å². The summed E-state index contributed by atoms with van der Waals surface area (Å²) < 4.78 is 0. The predicted molar refractivity (Wildman–Crippen MR) is 77.9 cm³/mol. The van der Waals surface area contributed by atoms with Crippen LogP contribution < -0.4 is 4.90 Å². The molecular weight excluding hydrogens is 296 g/mol. The molecule has 1 aromatic heterocycles. The Morgan fingerprint density at radius 2 is 2.05 bits per heavy atom. The summed E-state index contributed by atoms with van der Waals surface area (Å²) in [7, 11) is 0. The van der Waals surface area contributed by atoms with Crippen molar-refractivity contribution in [1.82, 2.24) is 4.98 Å². The molecule has 1 fully saturated rings. The average molecular weight is 307 g/mol. The number of imide groups is 1. The van der Waals surface area contributed by atoms with Crippen LogP contribution in [0.2, 0.25) is 5.02 Å². The van der Waals surface area contributed by atoms with Gasteiger partial charge in [0.05, 0.1) is 5.92 Å². The fourth-order valence-corrected chi connectivity index (χ4v) is 3.07. The van der Waals surface area contributed by atoms with Crippen molar-refractivity contribution >= 4 is 39.9 Å². The van der Waals surface area contributed by atoms with E-state index in [2.05, 4.69) is 4.98 Å². The standard InChI is InChI=1S/C14H11ClN2O2S/c15-11-3-1-9(2-4-11)7-10-8-12(18)17(13(10)19)14-16-5-6-20-14/h1-6,10H,7-8H2/t10-/m0/s1. The van der Waals surface area contributed by atoms with Gasteiger partial charge in [0.15, 0.2) is 5.13 Å². The average Bonchev–Trinajstić information content (AvgIpc) is 3.02. The van der Waals surface area contributed by atoms with E-state index in [1.165, 1.54) is 16.2 Å². The third-order valence-electron chi connectivity index (χ3n) is 3.25. The molecule has 1 aliphatic rings. The highest BCUT2D eigenvalue weighted by molar-refractivity contribution is 7.14. The largest absolute Gasteiger partial charge is 0.274 e. The van der Waals surface area contributed by atoms with Crippen LogP contribution in [0.5, 0.6) is 0 Å². The first-order chi connectivity index (χ1) is 9.65. The van der Waals surface area contributed by atoms with Gasteiger partial charge in [-0.2, -0.15) is 0 Å². The minimum Gasteiger partial charge on any atom is -0.274 e. The quantitative estimate of drug-likeness (QED) is 0.819. The summed E-state index contributed by atoms with van der Waals surface area (Å²) in [5.41, 5.74) is 1.00. The van der Waals surface area contributed by atoms with Crippen LogP contribution in [0, 0.1) is 5.92 Å². The molecule has 0 N–H and O–H groups in total. The van der Waals surface area contributed by atoms with Gasteiger partial charge in [-0.05, 0) is 24.1 Å². The van der Waals surface area contributed by atoms with E-state index in [4.69, 9.17) is 11.6 Å². The van der Waals surface area contributed by atoms with E-state index in [0.717, 1.165) is 5.56 Å². The molecule has 2 amide bonds. The summed E-state index contributed by atoms with van der Waals surface area (Å²) in [6, 6.07) is 7.34. The van der Waals surface area contributed by atoms with Crippen molar-refractivity contribution in [1.29, 1.82) is 0 Å². The van der Waals surface area contributed by atoms with Gasteiger partial charge in [0.2, 0.25) is 11.8 Å². The first-order valence-electron chi connectivity index (χ1n) is 6.16. The number of nitrogens with zero attached hydrogens (tertiary/aromatic N) is 2. The number of anilines is 1. The third-order valence-corrected chi connectivity index (χ3v) is 4.25. The number of carbonyl (C=O) groups excluding carboxylic acids is 2. The van der Waals surface area contributed by atoms with Crippen LogP contribution in [0.25, 0.3) is 0 Å². The van der Waals surface area contributed by atoms with Crippen LogP contribution in [0.15, 0.2) is 35.8 Å². The topological polar surface area (TPSA) is 50.3 Å². The molecule has 0 bridgehead atoms. The molecule has 2 aromatic rings. The Morgan fingerprint density at radius 3 is 2.70 bits per heavy atom. The molecule has 1 saturated heterocycles. The van der Waals surface area contributed by atoms with E-state index in [1.54, 1.807) is 23.7 Å². The molecule has 1 atom stereocenters. The molecule has 0 radical (unpaired) electrons. The van der Waals surface area contributed by atoms with Crippen molar-refractivity contribution in [2.24, 2.45) is 5.92 Å². The van der Waals surface area contributed by atoms with Crippen LogP contribution >= 0.6 is 22.9 Å². The van der Waals surface area contributed by atoms with Gasteiger partial charge in [-0.3, -0.25) is 9.59 Å². The van der Waals surface area contributed by atoms with Crippen molar-refractivity contribution in [3.8, 4) is 0 Å². The lowest BCUT2D eigenvalue weighted by Crippen LogP contribution is -2.30.